The lowest BCUT2D eigenvalue weighted by Gasteiger charge is -2.34. The van der Waals surface area contributed by atoms with E-state index >= 15 is 0 Å². The fraction of sp³-hybridized carbons (Fsp3) is 0.400. The van der Waals surface area contributed by atoms with Crippen LogP contribution in [0.4, 0.5) is 0 Å². The molecule has 1 aliphatic heterocycles. The van der Waals surface area contributed by atoms with Gasteiger partial charge in [-0.05, 0) is 38.0 Å². The monoisotopic (exact) mass is 380 g/mol. The number of fused-ring (bicyclic) bond motifs is 1. The number of piperazine rings is 1. The molecule has 3 aromatic rings. The van der Waals surface area contributed by atoms with Crippen molar-refractivity contribution in [3.05, 3.63) is 47.2 Å². The minimum absolute atomic E-state index is 0.0642. The molecular formula is C20H20N4O4. The van der Waals surface area contributed by atoms with Crippen LogP contribution in [0.25, 0.3) is 11.1 Å². The maximum atomic E-state index is 13.3. The molecular weight excluding hydrogens is 360 g/mol. The van der Waals surface area contributed by atoms with Crippen LogP contribution in [-0.2, 0) is 0 Å². The lowest BCUT2D eigenvalue weighted by molar-refractivity contribution is 0.0519. The van der Waals surface area contributed by atoms with Crippen LogP contribution >= 0.6 is 0 Å². The smallest absolute Gasteiger partial charge is 0.289 e. The van der Waals surface area contributed by atoms with Crippen LogP contribution in [0, 0.1) is 6.92 Å². The van der Waals surface area contributed by atoms with Gasteiger partial charge in [0.2, 0.25) is 0 Å². The topological polar surface area (TPSA) is 92.7 Å². The van der Waals surface area contributed by atoms with E-state index in [1.165, 1.54) is 6.26 Å². The minimum Gasteiger partial charge on any atom is -0.459 e. The normalized spacial score (nSPS) is 17.3. The summed E-state index contributed by atoms with van der Waals surface area (Å²) in [6, 6.07) is 5.25. The van der Waals surface area contributed by atoms with Gasteiger partial charge in [0.25, 0.3) is 17.5 Å². The van der Waals surface area contributed by atoms with E-state index in [2.05, 4.69) is 10.1 Å². The second-order valence-corrected chi connectivity index (χ2v) is 7.38. The summed E-state index contributed by atoms with van der Waals surface area (Å²) in [5.74, 6) is 0.522. The predicted octanol–water partition coefficient (Wildman–Crippen LogP) is 2.60. The summed E-state index contributed by atoms with van der Waals surface area (Å²) in [6.45, 7) is 3.70. The molecule has 3 aromatic heterocycles. The van der Waals surface area contributed by atoms with Crippen molar-refractivity contribution in [2.24, 2.45) is 0 Å². The largest absolute Gasteiger partial charge is 0.459 e. The zero-order chi connectivity index (χ0) is 19.3. The number of aromatic nitrogens is 2. The standard InChI is InChI=1S/C20H20N4O4/c1-12-17-14(11-15(13-4-5-13)21-18(17)28-22-12)19(25)23-6-8-24(9-7-23)20(26)16-3-2-10-27-16/h2-3,10-11,13H,4-9H2,1H3. The van der Waals surface area contributed by atoms with E-state index in [1.807, 2.05) is 13.0 Å². The van der Waals surface area contributed by atoms with Gasteiger partial charge in [-0.25, -0.2) is 4.98 Å². The lowest BCUT2D eigenvalue weighted by atomic mass is 10.1. The van der Waals surface area contributed by atoms with Gasteiger partial charge in [-0.1, -0.05) is 5.16 Å². The molecule has 0 bridgehead atoms. The Morgan fingerprint density at radius 3 is 2.46 bits per heavy atom. The number of furan rings is 1. The van der Waals surface area contributed by atoms with Gasteiger partial charge in [-0.2, -0.15) is 0 Å². The molecule has 5 rings (SSSR count). The van der Waals surface area contributed by atoms with E-state index in [9.17, 15) is 9.59 Å². The Morgan fingerprint density at radius 2 is 1.82 bits per heavy atom. The van der Waals surface area contributed by atoms with Crippen LogP contribution in [0.5, 0.6) is 0 Å². The molecule has 0 spiro atoms. The predicted molar refractivity (Wildman–Crippen MR) is 99.0 cm³/mol. The first-order valence-electron chi connectivity index (χ1n) is 9.51. The molecule has 0 atom stereocenters. The number of pyridine rings is 1. The lowest BCUT2D eigenvalue weighted by Crippen LogP contribution is -2.50. The highest BCUT2D eigenvalue weighted by atomic mass is 16.5. The van der Waals surface area contributed by atoms with Crippen LogP contribution in [-0.4, -0.2) is 57.9 Å². The minimum atomic E-state index is -0.144. The zero-order valence-corrected chi connectivity index (χ0v) is 15.6. The van der Waals surface area contributed by atoms with Gasteiger partial charge in [0, 0.05) is 37.8 Å². The van der Waals surface area contributed by atoms with Crippen LogP contribution < -0.4 is 0 Å². The maximum Gasteiger partial charge on any atom is 0.289 e. The Labute approximate surface area is 161 Å². The number of hydrogen-bond donors (Lipinski definition) is 0. The zero-order valence-electron chi connectivity index (χ0n) is 15.6. The first-order valence-corrected chi connectivity index (χ1v) is 9.51. The van der Waals surface area contributed by atoms with Gasteiger partial charge in [0.05, 0.1) is 22.9 Å². The fourth-order valence-electron chi connectivity index (χ4n) is 3.71. The first-order chi connectivity index (χ1) is 13.6. The van der Waals surface area contributed by atoms with E-state index in [4.69, 9.17) is 8.94 Å². The molecule has 0 radical (unpaired) electrons. The van der Waals surface area contributed by atoms with Crippen LogP contribution in [0.2, 0.25) is 0 Å². The average Bonchev–Trinajstić information content (AvgIpc) is 3.30. The van der Waals surface area contributed by atoms with E-state index in [-0.39, 0.29) is 11.8 Å². The molecule has 2 aliphatic rings. The number of rotatable bonds is 3. The Bertz CT molecular complexity index is 1040. The molecule has 4 heterocycles. The Kier molecular flexibility index (Phi) is 3.92. The highest BCUT2D eigenvalue weighted by molar-refractivity contribution is 6.06. The van der Waals surface area contributed by atoms with Gasteiger partial charge < -0.3 is 18.7 Å². The number of amides is 2. The molecule has 0 unspecified atom stereocenters. The van der Waals surface area contributed by atoms with Crippen molar-refractivity contribution in [1.82, 2.24) is 19.9 Å². The highest BCUT2D eigenvalue weighted by Gasteiger charge is 2.31. The van der Waals surface area contributed by atoms with Crippen LogP contribution in [0.3, 0.4) is 0 Å². The van der Waals surface area contributed by atoms with Crippen molar-refractivity contribution in [2.75, 3.05) is 26.2 Å². The Balaban J connectivity index is 1.37. The molecule has 2 fully saturated rings. The van der Waals surface area contributed by atoms with Crippen LogP contribution in [0.15, 0.2) is 33.4 Å². The van der Waals surface area contributed by atoms with E-state index in [0.29, 0.717) is 60.2 Å². The summed E-state index contributed by atoms with van der Waals surface area (Å²) < 4.78 is 10.5. The van der Waals surface area contributed by atoms with Gasteiger partial charge in [0.1, 0.15) is 0 Å². The second kappa shape index (κ2) is 6.47. The number of nitrogens with zero attached hydrogens (tertiary/aromatic N) is 4. The van der Waals surface area contributed by atoms with Crippen molar-refractivity contribution in [3.63, 3.8) is 0 Å². The summed E-state index contributed by atoms with van der Waals surface area (Å²) in [5, 5.41) is 4.68. The van der Waals surface area contributed by atoms with Crippen molar-refractivity contribution < 1.29 is 18.5 Å². The molecule has 2 amide bonds. The van der Waals surface area contributed by atoms with Gasteiger partial charge >= 0.3 is 0 Å². The highest BCUT2D eigenvalue weighted by Crippen LogP contribution is 2.40. The maximum absolute atomic E-state index is 13.3. The van der Waals surface area contributed by atoms with Crippen LogP contribution in [0.1, 0.15) is 51.1 Å². The molecule has 0 aromatic carbocycles. The Hall–Kier alpha value is -3.16. The number of hydrogen-bond acceptors (Lipinski definition) is 6. The molecule has 0 N–H and O–H groups in total. The van der Waals surface area contributed by atoms with E-state index in [0.717, 1.165) is 18.5 Å². The molecule has 8 nitrogen and oxygen atoms in total. The van der Waals surface area contributed by atoms with Crippen molar-refractivity contribution in [3.8, 4) is 0 Å². The van der Waals surface area contributed by atoms with Gasteiger partial charge in [0.15, 0.2) is 5.76 Å². The molecule has 1 aliphatic carbocycles. The van der Waals surface area contributed by atoms with E-state index < -0.39 is 0 Å². The summed E-state index contributed by atoms with van der Waals surface area (Å²) in [4.78, 5) is 33.7. The number of carbonyl (C=O) groups is 2. The van der Waals surface area contributed by atoms with Crippen molar-refractivity contribution >= 4 is 22.9 Å². The molecule has 1 saturated carbocycles. The SMILES string of the molecule is Cc1noc2nc(C3CC3)cc(C(=O)N3CCN(C(=O)c4ccco4)CC3)c12. The van der Waals surface area contributed by atoms with Gasteiger partial charge in [-0.3, -0.25) is 9.59 Å². The molecule has 1 saturated heterocycles. The first kappa shape index (κ1) is 17.0. The summed E-state index contributed by atoms with van der Waals surface area (Å²) in [5.41, 5.74) is 2.59. The Morgan fingerprint density at radius 1 is 1.11 bits per heavy atom. The molecule has 8 heteroatoms. The number of carbonyl (C=O) groups excluding carboxylic acids is 2. The number of aryl methyl sites for hydroxylation is 1. The fourth-order valence-corrected chi connectivity index (χ4v) is 3.71. The average molecular weight is 380 g/mol. The second-order valence-electron chi connectivity index (χ2n) is 7.38. The summed E-state index contributed by atoms with van der Waals surface area (Å²) in [6.07, 6.45) is 3.67. The summed E-state index contributed by atoms with van der Waals surface area (Å²) >= 11 is 0. The van der Waals surface area contributed by atoms with Crippen molar-refractivity contribution in [2.45, 2.75) is 25.7 Å². The third-order valence-corrected chi connectivity index (χ3v) is 5.45. The third kappa shape index (κ3) is 2.85. The molecule has 28 heavy (non-hydrogen) atoms. The molecule has 144 valence electrons. The van der Waals surface area contributed by atoms with E-state index in [1.54, 1.807) is 21.9 Å². The van der Waals surface area contributed by atoms with Crippen molar-refractivity contribution in [1.29, 1.82) is 0 Å². The van der Waals surface area contributed by atoms with Gasteiger partial charge in [-0.15, -0.1) is 0 Å². The third-order valence-electron chi connectivity index (χ3n) is 5.45. The summed E-state index contributed by atoms with van der Waals surface area (Å²) in [7, 11) is 0. The quantitative estimate of drug-likeness (QED) is 0.693.